The van der Waals surface area contributed by atoms with Crippen molar-refractivity contribution in [3.05, 3.63) is 28.8 Å². The van der Waals surface area contributed by atoms with E-state index in [1.807, 2.05) is 12.1 Å². The van der Waals surface area contributed by atoms with Crippen molar-refractivity contribution in [1.82, 2.24) is 5.32 Å². The first-order valence-electron chi connectivity index (χ1n) is 7.24. The second-order valence-corrected chi connectivity index (χ2v) is 5.68. The zero-order valence-corrected chi connectivity index (χ0v) is 12.6. The van der Waals surface area contributed by atoms with E-state index < -0.39 is 6.04 Å². The molecule has 1 aromatic rings. The van der Waals surface area contributed by atoms with Gasteiger partial charge in [-0.15, -0.1) is 0 Å². The summed E-state index contributed by atoms with van der Waals surface area (Å²) in [6.45, 7) is 0. The number of nitrogens with zero attached hydrogens (tertiary/aromatic N) is 1. The van der Waals surface area contributed by atoms with E-state index in [0.717, 1.165) is 18.4 Å². The van der Waals surface area contributed by atoms with Crippen molar-refractivity contribution in [2.75, 3.05) is 7.11 Å². The summed E-state index contributed by atoms with van der Waals surface area (Å²) >= 11 is 6.26. The first kappa shape index (κ1) is 15.2. The van der Waals surface area contributed by atoms with E-state index in [1.165, 1.54) is 25.7 Å². The zero-order chi connectivity index (χ0) is 14.4. The van der Waals surface area contributed by atoms with Crippen molar-refractivity contribution >= 4 is 11.6 Å². The quantitative estimate of drug-likeness (QED) is 0.845. The van der Waals surface area contributed by atoms with Crippen LogP contribution in [0.15, 0.2) is 18.2 Å². The second kappa shape index (κ2) is 7.52. The van der Waals surface area contributed by atoms with Crippen LogP contribution >= 0.6 is 11.6 Å². The maximum absolute atomic E-state index is 9.50. The molecule has 0 aliphatic heterocycles. The molecule has 1 aliphatic rings. The van der Waals surface area contributed by atoms with Crippen LogP contribution in [0.25, 0.3) is 0 Å². The van der Waals surface area contributed by atoms with E-state index in [9.17, 15) is 5.26 Å². The number of methoxy groups -OCH3 is 1. The molecule has 108 valence electrons. The highest BCUT2D eigenvalue weighted by atomic mass is 35.5. The lowest BCUT2D eigenvalue weighted by atomic mass is 10.0. The number of hydrogen-bond acceptors (Lipinski definition) is 3. The molecular formula is C16H21ClN2O. The van der Waals surface area contributed by atoms with E-state index in [0.29, 0.717) is 16.8 Å². The average Bonchev–Trinajstić information content (AvgIpc) is 2.73. The second-order valence-electron chi connectivity index (χ2n) is 5.27. The van der Waals surface area contributed by atoms with Gasteiger partial charge in [-0.2, -0.15) is 5.26 Å². The molecule has 4 heteroatoms. The zero-order valence-electron chi connectivity index (χ0n) is 11.9. The summed E-state index contributed by atoms with van der Waals surface area (Å²) in [6, 6.07) is 7.79. The topological polar surface area (TPSA) is 45.0 Å². The predicted octanol–water partition coefficient (Wildman–Crippen LogP) is 4.23. The fraction of sp³-hybridized carbons (Fsp3) is 0.562. The van der Waals surface area contributed by atoms with Crippen LogP contribution in [0.2, 0.25) is 5.02 Å². The Morgan fingerprint density at radius 2 is 2.00 bits per heavy atom. The highest BCUT2D eigenvalue weighted by Gasteiger charge is 2.22. The number of benzene rings is 1. The predicted molar refractivity (Wildman–Crippen MR) is 81.0 cm³/mol. The average molecular weight is 293 g/mol. The standard InChI is InChI=1S/C16H21ClN2O/c1-20-15-10-6-9-13(17)16(15)14(11-18)19-12-7-4-2-3-5-8-12/h6,9-10,12,14,19H,2-5,7-8H2,1H3. The normalized spacial score (nSPS) is 18.1. The molecule has 1 unspecified atom stereocenters. The Hall–Kier alpha value is -1.24. The van der Waals surface area contributed by atoms with Crippen LogP contribution < -0.4 is 10.1 Å². The fourth-order valence-electron chi connectivity index (χ4n) is 2.84. The molecule has 1 atom stereocenters. The summed E-state index contributed by atoms with van der Waals surface area (Å²) in [5.41, 5.74) is 0.753. The summed E-state index contributed by atoms with van der Waals surface area (Å²) in [5, 5.41) is 13.5. The molecule has 1 aromatic carbocycles. The van der Waals surface area contributed by atoms with Gasteiger partial charge in [0.25, 0.3) is 0 Å². The number of rotatable bonds is 4. The molecule has 0 aromatic heterocycles. The number of ether oxygens (including phenoxy) is 1. The molecule has 0 saturated heterocycles. The Morgan fingerprint density at radius 3 is 2.60 bits per heavy atom. The Labute approximate surface area is 125 Å². The van der Waals surface area contributed by atoms with Crippen LogP contribution in [0.5, 0.6) is 5.75 Å². The van der Waals surface area contributed by atoms with Gasteiger partial charge in [-0.1, -0.05) is 43.4 Å². The van der Waals surface area contributed by atoms with Crippen molar-refractivity contribution in [3.63, 3.8) is 0 Å². The van der Waals surface area contributed by atoms with Gasteiger partial charge in [0.1, 0.15) is 11.8 Å². The van der Waals surface area contributed by atoms with Crippen molar-refractivity contribution in [2.24, 2.45) is 0 Å². The number of nitrogens with one attached hydrogen (secondary N) is 1. The smallest absolute Gasteiger partial charge is 0.126 e. The third kappa shape index (κ3) is 3.65. The minimum absolute atomic E-state index is 0.392. The van der Waals surface area contributed by atoms with Crippen LogP contribution in [0.4, 0.5) is 0 Å². The molecule has 0 amide bonds. The van der Waals surface area contributed by atoms with Gasteiger partial charge in [0.2, 0.25) is 0 Å². The number of nitriles is 1. The van der Waals surface area contributed by atoms with Crippen molar-refractivity contribution < 1.29 is 4.74 Å². The lowest BCUT2D eigenvalue weighted by Crippen LogP contribution is -2.32. The summed E-state index contributed by atoms with van der Waals surface area (Å²) in [4.78, 5) is 0. The molecule has 0 heterocycles. The molecule has 0 bridgehead atoms. The summed E-state index contributed by atoms with van der Waals surface area (Å²) < 4.78 is 5.35. The maximum atomic E-state index is 9.50. The first-order chi connectivity index (χ1) is 9.76. The minimum atomic E-state index is -0.415. The van der Waals surface area contributed by atoms with Gasteiger partial charge in [-0.25, -0.2) is 0 Å². The molecule has 3 nitrogen and oxygen atoms in total. The highest BCUT2D eigenvalue weighted by Crippen LogP contribution is 2.33. The van der Waals surface area contributed by atoms with Crippen molar-refractivity contribution in [1.29, 1.82) is 5.26 Å². The van der Waals surface area contributed by atoms with Crippen LogP contribution in [0.1, 0.15) is 50.1 Å². The van der Waals surface area contributed by atoms with Gasteiger partial charge in [-0.05, 0) is 25.0 Å². The van der Waals surface area contributed by atoms with E-state index in [-0.39, 0.29) is 0 Å². The molecule has 0 spiro atoms. The van der Waals surface area contributed by atoms with Gasteiger partial charge in [0.15, 0.2) is 0 Å². The third-order valence-corrected chi connectivity index (χ3v) is 4.24. The van der Waals surface area contributed by atoms with E-state index in [2.05, 4.69) is 11.4 Å². The van der Waals surface area contributed by atoms with Gasteiger partial charge in [-0.3, -0.25) is 5.32 Å². The van der Waals surface area contributed by atoms with Gasteiger partial charge in [0.05, 0.1) is 18.2 Å². The highest BCUT2D eigenvalue weighted by molar-refractivity contribution is 6.31. The van der Waals surface area contributed by atoms with Gasteiger partial charge in [0, 0.05) is 11.6 Å². The van der Waals surface area contributed by atoms with Crippen LogP contribution in [0.3, 0.4) is 0 Å². The van der Waals surface area contributed by atoms with E-state index in [4.69, 9.17) is 16.3 Å². The van der Waals surface area contributed by atoms with Gasteiger partial charge >= 0.3 is 0 Å². The summed E-state index contributed by atoms with van der Waals surface area (Å²) in [5.74, 6) is 0.671. The largest absolute Gasteiger partial charge is 0.496 e. The monoisotopic (exact) mass is 292 g/mol. The van der Waals surface area contributed by atoms with Crippen LogP contribution in [-0.2, 0) is 0 Å². The Bertz CT molecular complexity index is 476. The van der Waals surface area contributed by atoms with E-state index in [1.54, 1.807) is 13.2 Å². The SMILES string of the molecule is COc1cccc(Cl)c1C(C#N)NC1CCCCCC1. The van der Waals surface area contributed by atoms with Crippen LogP contribution in [-0.4, -0.2) is 13.2 Å². The van der Waals surface area contributed by atoms with Gasteiger partial charge < -0.3 is 4.74 Å². The van der Waals surface area contributed by atoms with Crippen molar-refractivity contribution in [2.45, 2.75) is 50.6 Å². The molecule has 0 radical (unpaired) electrons. The molecule has 1 saturated carbocycles. The fourth-order valence-corrected chi connectivity index (χ4v) is 3.12. The third-order valence-electron chi connectivity index (χ3n) is 3.91. The lowest BCUT2D eigenvalue weighted by molar-refractivity contribution is 0.393. The Morgan fingerprint density at radius 1 is 1.30 bits per heavy atom. The Balaban J connectivity index is 2.18. The number of hydrogen-bond donors (Lipinski definition) is 1. The molecule has 1 fully saturated rings. The summed E-state index contributed by atoms with van der Waals surface area (Å²) in [7, 11) is 1.61. The molecule has 1 N–H and O–H groups in total. The van der Waals surface area contributed by atoms with Crippen LogP contribution in [0, 0.1) is 11.3 Å². The Kier molecular flexibility index (Phi) is 5.70. The maximum Gasteiger partial charge on any atom is 0.126 e. The first-order valence-corrected chi connectivity index (χ1v) is 7.62. The van der Waals surface area contributed by atoms with E-state index >= 15 is 0 Å². The minimum Gasteiger partial charge on any atom is -0.496 e. The number of halogens is 1. The molecule has 20 heavy (non-hydrogen) atoms. The molecule has 2 rings (SSSR count). The molecule has 1 aliphatic carbocycles. The van der Waals surface area contributed by atoms with Crippen molar-refractivity contribution in [3.8, 4) is 11.8 Å². The lowest BCUT2D eigenvalue weighted by Gasteiger charge is -2.22. The molecular weight excluding hydrogens is 272 g/mol. The summed E-state index contributed by atoms with van der Waals surface area (Å²) in [6.07, 6.45) is 7.32.